The normalized spacial score (nSPS) is 10.0. The lowest BCUT2D eigenvalue weighted by Crippen LogP contribution is -1.92. The quantitative estimate of drug-likeness (QED) is 0.370. The Morgan fingerprint density at radius 3 is 2.25 bits per heavy atom. The van der Waals surface area contributed by atoms with Crippen molar-refractivity contribution >= 4 is 16.6 Å². The van der Waals surface area contributed by atoms with E-state index in [1.165, 1.54) is 11.6 Å². The average molecular weight is 310 g/mol. The van der Waals surface area contributed by atoms with Crippen LogP contribution in [-0.2, 0) is 6.42 Å². The van der Waals surface area contributed by atoms with E-state index in [-0.39, 0.29) is 5.78 Å². The molecule has 1 heteroatoms. The van der Waals surface area contributed by atoms with Crippen LogP contribution in [0.25, 0.3) is 10.8 Å². The van der Waals surface area contributed by atoms with Crippen molar-refractivity contribution in [2.45, 2.75) is 13.3 Å². The molecule has 24 heavy (non-hydrogen) atoms. The van der Waals surface area contributed by atoms with Gasteiger partial charge in [-0.1, -0.05) is 55.7 Å². The molecule has 0 unspecified atom stereocenters. The largest absolute Gasteiger partial charge is 0.289 e. The molecule has 0 aliphatic rings. The molecule has 0 heterocycles. The Bertz CT molecular complexity index is 966. The second-order valence-corrected chi connectivity index (χ2v) is 5.65. The van der Waals surface area contributed by atoms with Crippen molar-refractivity contribution in [1.29, 1.82) is 0 Å². The summed E-state index contributed by atoms with van der Waals surface area (Å²) in [5.74, 6) is 6.35. The molecule has 0 aromatic heterocycles. The average Bonchev–Trinajstić information content (AvgIpc) is 2.65. The molecule has 0 saturated carbocycles. The Labute approximate surface area is 142 Å². The Balaban J connectivity index is 1.89. The molecule has 1 nitrogen and oxygen atoms in total. The van der Waals surface area contributed by atoms with Crippen LogP contribution in [0.2, 0.25) is 0 Å². The predicted molar refractivity (Wildman–Crippen MR) is 100 cm³/mol. The Kier molecular flexibility index (Phi) is 4.59. The van der Waals surface area contributed by atoms with Crippen molar-refractivity contribution in [3.8, 4) is 11.8 Å². The number of ketones is 1. The van der Waals surface area contributed by atoms with Crippen LogP contribution in [0, 0.1) is 11.8 Å². The molecule has 0 aliphatic heterocycles. The SMILES string of the molecule is C=CC(=O)c1ccc2cc(C#Cc3ccc(CC)cc3)ccc2c1. The van der Waals surface area contributed by atoms with E-state index in [0.29, 0.717) is 5.56 Å². The fourth-order valence-electron chi connectivity index (χ4n) is 2.56. The van der Waals surface area contributed by atoms with Gasteiger partial charge in [-0.05, 0) is 59.2 Å². The standard InChI is InChI=1S/C23H18O/c1-3-17-5-7-18(8-6-17)9-10-19-11-12-21-16-22(23(24)4-2)14-13-20(21)15-19/h4-8,11-16H,2-3H2,1H3. The monoisotopic (exact) mass is 310 g/mol. The number of benzene rings is 3. The van der Waals surface area contributed by atoms with Gasteiger partial charge >= 0.3 is 0 Å². The number of fused-ring (bicyclic) bond motifs is 1. The van der Waals surface area contributed by atoms with E-state index in [0.717, 1.165) is 28.3 Å². The van der Waals surface area contributed by atoms with Gasteiger partial charge in [-0.15, -0.1) is 0 Å². The molecule has 0 saturated heterocycles. The summed E-state index contributed by atoms with van der Waals surface area (Å²) >= 11 is 0. The van der Waals surface area contributed by atoms with E-state index >= 15 is 0 Å². The Morgan fingerprint density at radius 2 is 1.54 bits per heavy atom. The zero-order valence-electron chi connectivity index (χ0n) is 13.7. The molecule has 116 valence electrons. The summed E-state index contributed by atoms with van der Waals surface area (Å²) < 4.78 is 0. The highest BCUT2D eigenvalue weighted by atomic mass is 16.1. The van der Waals surface area contributed by atoms with Gasteiger partial charge in [0.25, 0.3) is 0 Å². The minimum absolute atomic E-state index is 0.0590. The predicted octanol–water partition coefficient (Wildman–Crippen LogP) is 5.17. The minimum Gasteiger partial charge on any atom is -0.289 e. The smallest absolute Gasteiger partial charge is 0.185 e. The lowest BCUT2D eigenvalue weighted by molar-refractivity contribution is 0.104. The zero-order valence-corrected chi connectivity index (χ0v) is 13.7. The summed E-state index contributed by atoms with van der Waals surface area (Å²) in [5, 5.41) is 2.10. The third-order valence-corrected chi connectivity index (χ3v) is 4.02. The van der Waals surface area contributed by atoms with Crippen LogP contribution in [-0.4, -0.2) is 5.78 Å². The molecule has 3 aromatic carbocycles. The maximum absolute atomic E-state index is 11.7. The molecule has 0 N–H and O–H groups in total. The Hall–Kier alpha value is -3.11. The van der Waals surface area contributed by atoms with Crippen molar-refractivity contribution < 1.29 is 4.79 Å². The lowest BCUT2D eigenvalue weighted by Gasteiger charge is -2.01. The molecule has 3 rings (SSSR count). The first kappa shape index (κ1) is 15.8. The van der Waals surface area contributed by atoms with Gasteiger partial charge in [-0.3, -0.25) is 4.79 Å². The molecule has 3 aromatic rings. The highest BCUT2D eigenvalue weighted by Crippen LogP contribution is 2.18. The lowest BCUT2D eigenvalue weighted by atomic mass is 10.0. The van der Waals surface area contributed by atoms with E-state index in [1.54, 1.807) is 0 Å². The van der Waals surface area contributed by atoms with Crippen LogP contribution in [0.3, 0.4) is 0 Å². The first-order chi connectivity index (χ1) is 11.7. The fraction of sp³-hybridized carbons (Fsp3) is 0.0870. The number of allylic oxidation sites excluding steroid dienone is 1. The first-order valence-electron chi connectivity index (χ1n) is 8.01. The molecule has 0 aliphatic carbocycles. The molecule has 0 atom stereocenters. The van der Waals surface area contributed by atoms with E-state index in [2.05, 4.69) is 49.6 Å². The van der Waals surface area contributed by atoms with Gasteiger partial charge in [0.05, 0.1) is 0 Å². The Morgan fingerprint density at radius 1 is 0.917 bits per heavy atom. The summed E-state index contributed by atoms with van der Waals surface area (Å²) in [4.78, 5) is 11.7. The molecule has 0 spiro atoms. The summed E-state index contributed by atoms with van der Waals surface area (Å²) in [7, 11) is 0. The molecular formula is C23H18O. The number of hydrogen-bond donors (Lipinski definition) is 0. The van der Waals surface area contributed by atoms with Gasteiger partial charge < -0.3 is 0 Å². The van der Waals surface area contributed by atoms with Crippen LogP contribution in [0.15, 0.2) is 73.3 Å². The third-order valence-electron chi connectivity index (χ3n) is 4.02. The highest BCUT2D eigenvalue weighted by Gasteiger charge is 2.02. The van der Waals surface area contributed by atoms with Crippen LogP contribution in [0.1, 0.15) is 34.0 Å². The van der Waals surface area contributed by atoms with Gasteiger partial charge in [0.1, 0.15) is 0 Å². The van der Waals surface area contributed by atoms with Crippen molar-refractivity contribution in [2.75, 3.05) is 0 Å². The number of rotatable bonds is 3. The van der Waals surface area contributed by atoms with E-state index in [9.17, 15) is 4.79 Å². The van der Waals surface area contributed by atoms with Crippen molar-refractivity contribution in [1.82, 2.24) is 0 Å². The molecule has 0 bridgehead atoms. The maximum Gasteiger partial charge on any atom is 0.185 e. The molecular weight excluding hydrogens is 292 g/mol. The van der Waals surface area contributed by atoms with Crippen LogP contribution in [0.5, 0.6) is 0 Å². The second-order valence-electron chi connectivity index (χ2n) is 5.65. The van der Waals surface area contributed by atoms with Crippen LogP contribution in [0.4, 0.5) is 0 Å². The topological polar surface area (TPSA) is 17.1 Å². The van der Waals surface area contributed by atoms with Crippen molar-refractivity contribution in [3.63, 3.8) is 0 Å². The summed E-state index contributed by atoms with van der Waals surface area (Å²) in [6.07, 6.45) is 2.37. The molecule has 0 amide bonds. The summed E-state index contributed by atoms with van der Waals surface area (Å²) in [6.45, 7) is 5.67. The van der Waals surface area contributed by atoms with Crippen LogP contribution < -0.4 is 0 Å². The molecule has 0 radical (unpaired) electrons. The van der Waals surface area contributed by atoms with Gasteiger partial charge in [0.15, 0.2) is 5.78 Å². The highest BCUT2D eigenvalue weighted by molar-refractivity contribution is 6.06. The van der Waals surface area contributed by atoms with Gasteiger partial charge in [-0.2, -0.15) is 0 Å². The number of carbonyl (C=O) groups is 1. The van der Waals surface area contributed by atoms with E-state index < -0.39 is 0 Å². The zero-order chi connectivity index (χ0) is 16.9. The maximum atomic E-state index is 11.7. The van der Waals surface area contributed by atoms with Gasteiger partial charge in [0, 0.05) is 16.7 Å². The number of aryl methyl sites for hydroxylation is 1. The number of hydrogen-bond acceptors (Lipinski definition) is 1. The van der Waals surface area contributed by atoms with Crippen LogP contribution >= 0.6 is 0 Å². The van der Waals surface area contributed by atoms with E-state index in [4.69, 9.17) is 0 Å². The molecule has 0 fully saturated rings. The van der Waals surface area contributed by atoms with Gasteiger partial charge in [-0.25, -0.2) is 0 Å². The van der Waals surface area contributed by atoms with E-state index in [1.807, 2.05) is 36.4 Å². The second kappa shape index (κ2) is 6.98. The summed E-state index contributed by atoms with van der Waals surface area (Å²) in [6, 6.07) is 20.0. The first-order valence-corrected chi connectivity index (χ1v) is 8.01. The summed E-state index contributed by atoms with van der Waals surface area (Å²) in [5.41, 5.74) is 3.95. The third kappa shape index (κ3) is 3.45. The minimum atomic E-state index is -0.0590. The fourth-order valence-corrected chi connectivity index (χ4v) is 2.56. The van der Waals surface area contributed by atoms with Crippen molar-refractivity contribution in [2.24, 2.45) is 0 Å². The van der Waals surface area contributed by atoms with Crippen molar-refractivity contribution in [3.05, 3.63) is 95.6 Å². The number of carbonyl (C=O) groups excluding carboxylic acids is 1. The van der Waals surface area contributed by atoms with Gasteiger partial charge in [0.2, 0.25) is 0 Å².